The van der Waals surface area contributed by atoms with E-state index in [9.17, 15) is 10.1 Å². The van der Waals surface area contributed by atoms with E-state index in [2.05, 4.69) is 4.98 Å². The first-order valence-corrected chi connectivity index (χ1v) is 5.95. The van der Waals surface area contributed by atoms with Crippen LogP contribution in [0.3, 0.4) is 0 Å². The maximum Gasteiger partial charge on any atom is 0.311 e. The van der Waals surface area contributed by atoms with E-state index in [1.54, 1.807) is 18.2 Å². The number of hydrogen-bond donors (Lipinski definition) is 0. The molecule has 0 saturated heterocycles. The number of ether oxygens (including phenoxy) is 1. The third kappa shape index (κ3) is 2.90. The zero-order valence-corrected chi connectivity index (χ0v) is 10.7. The zero-order valence-electron chi connectivity index (χ0n) is 10.7. The average Bonchev–Trinajstić information content (AvgIpc) is 2.48. The molecule has 0 atom stereocenters. The molecule has 0 N–H and O–H groups in total. The van der Waals surface area contributed by atoms with Crippen LogP contribution in [0.25, 0.3) is 0 Å². The number of nitriles is 1. The molecule has 2 rings (SSSR count). The molecule has 0 aliphatic carbocycles. The molecule has 1 heterocycles. The number of rotatable bonds is 4. The fourth-order valence-corrected chi connectivity index (χ4v) is 1.65. The lowest BCUT2D eigenvalue weighted by Crippen LogP contribution is -1.95. The van der Waals surface area contributed by atoms with E-state index >= 15 is 0 Å². The van der Waals surface area contributed by atoms with Crippen LogP contribution in [-0.2, 0) is 6.42 Å². The van der Waals surface area contributed by atoms with Crippen LogP contribution < -0.4 is 4.74 Å². The van der Waals surface area contributed by atoms with E-state index in [1.807, 2.05) is 13.0 Å². The van der Waals surface area contributed by atoms with Crippen LogP contribution in [0.2, 0.25) is 0 Å². The second-order valence-electron chi connectivity index (χ2n) is 4.01. The van der Waals surface area contributed by atoms with Gasteiger partial charge in [0.1, 0.15) is 17.5 Å². The summed E-state index contributed by atoms with van der Waals surface area (Å²) >= 11 is 0. The Balaban J connectivity index is 2.32. The van der Waals surface area contributed by atoms with E-state index in [1.165, 1.54) is 18.3 Å². The van der Waals surface area contributed by atoms with Gasteiger partial charge in [0.05, 0.1) is 11.1 Å². The van der Waals surface area contributed by atoms with Gasteiger partial charge in [-0.2, -0.15) is 5.26 Å². The molecule has 0 aliphatic rings. The Labute approximate surface area is 115 Å². The van der Waals surface area contributed by atoms with Gasteiger partial charge < -0.3 is 4.74 Å². The van der Waals surface area contributed by atoms with Crippen molar-refractivity contribution in [1.82, 2.24) is 4.98 Å². The van der Waals surface area contributed by atoms with Crippen molar-refractivity contribution < 1.29 is 9.66 Å². The lowest BCUT2D eigenvalue weighted by molar-refractivity contribution is -0.385. The monoisotopic (exact) mass is 269 g/mol. The molecule has 0 unspecified atom stereocenters. The molecular formula is C14H11N3O3. The summed E-state index contributed by atoms with van der Waals surface area (Å²) in [5.41, 5.74) is 1.03. The van der Waals surface area contributed by atoms with Gasteiger partial charge in [0.2, 0.25) is 5.75 Å². The van der Waals surface area contributed by atoms with Crippen LogP contribution in [0.15, 0.2) is 36.5 Å². The summed E-state index contributed by atoms with van der Waals surface area (Å²) in [5.74, 6) is 0.495. The highest BCUT2D eigenvalue weighted by Crippen LogP contribution is 2.32. The summed E-state index contributed by atoms with van der Waals surface area (Å²) in [7, 11) is 0. The van der Waals surface area contributed by atoms with E-state index in [0.29, 0.717) is 12.2 Å². The highest BCUT2D eigenvalue weighted by atomic mass is 16.6. The molecule has 0 spiro atoms. The van der Waals surface area contributed by atoms with Gasteiger partial charge in [-0.3, -0.25) is 10.1 Å². The van der Waals surface area contributed by atoms with Crippen LogP contribution in [-0.4, -0.2) is 9.91 Å². The minimum atomic E-state index is -0.481. The molecule has 6 heteroatoms. The van der Waals surface area contributed by atoms with Gasteiger partial charge in [-0.15, -0.1) is 0 Å². The fourth-order valence-electron chi connectivity index (χ4n) is 1.65. The van der Waals surface area contributed by atoms with Gasteiger partial charge in [-0.25, -0.2) is 4.98 Å². The first kappa shape index (κ1) is 13.5. The summed E-state index contributed by atoms with van der Waals surface area (Å²) in [4.78, 5) is 14.4. The van der Waals surface area contributed by atoms with Crippen molar-refractivity contribution in [3.63, 3.8) is 0 Å². The van der Waals surface area contributed by atoms with Crippen LogP contribution in [0.5, 0.6) is 11.5 Å². The highest BCUT2D eigenvalue weighted by molar-refractivity contribution is 5.50. The second kappa shape index (κ2) is 5.80. The normalized spacial score (nSPS) is 9.80. The van der Waals surface area contributed by atoms with Crippen LogP contribution in [0, 0.1) is 21.4 Å². The zero-order chi connectivity index (χ0) is 14.5. The summed E-state index contributed by atoms with van der Waals surface area (Å²) in [6.07, 6.45) is 2.07. The molecule has 0 saturated carbocycles. The summed E-state index contributed by atoms with van der Waals surface area (Å²) in [6, 6.07) is 9.75. The Morgan fingerprint density at radius 2 is 2.20 bits per heavy atom. The van der Waals surface area contributed by atoms with Crippen molar-refractivity contribution in [3.05, 3.63) is 57.9 Å². The number of aromatic nitrogens is 1. The maximum atomic E-state index is 11.0. The summed E-state index contributed by atoms with van der Waals surface area (Å²) in [6.45, 7) is 1.92. The van der Waals surface area contributed by atoms with Crippen molar-refractivity contribution in [2.75, 3.05) is 0 Å². The van der Waals surface area contributed by atoms with Gasteiger partial charge in [0, 0.05) is 6.07 Å². The Morgan fingerprint density at radius 3 is 2.75 bits per heavy atom. The van der Waals surface area contributed by atoms with Crippen LogP contribution in [0.1, 0.15) is 18.2 Å². The minimum Gasteiger partial charge on any atom is -0.449 e. The molecule has 20 heavy (non-hydrogen) atoms. The molecule has 0 fully saturated rings. The number of aryl methyl sites for hydroxylation is 1. The molecule has 0 amide bonds. The van der Waals surface area contributed by atoms with Crippen LogP contribution >= 0.6 is 0 Å². The number of hydrogen-bond acceptors (Lipinski definition) is 5. The molecule has 0 aliphatic heterocycles. The molecule has 0 bridgehead atoms. The molecule has 100 valence electrons. The first-order valence-electron chi connectivity index (χ1n) is 5.95. The van der Waals surface area contributed by atoms with Crippen molar-refractivity contribution in [2.45, 2.75) is 13.3 Å². The van der Waals surface area contributed by atoms with Crippen molar-refractivity contribution in [1.29, 1.82) is 5.26 Å². The molecule has 2 aromatic rings. The maximum absolute atomic E-state index is 11.0. The predicted molar refractivity (Wildman–Crippen MR) is 71.5 cm³/mol. The van der Waals surface area contributed by atoms with Gasteiger partial charge >= 0.3 is 5.69 Å². The smallest absolute Gasteiger partial charge is 0.311 e. The van der Waals surface area contributed by atoms with Crippen LogP contribution in [0.4, 0.5) is 5.69 Å². The third-order valence-electron chi connectivity index (χ3n) is 2.71. The molecule has 1 aromatic carbocycles. The quantitative estimate of drug-likeness (QED) is 0.628. The van der Waals surface area contributed by atoms with E-state index in [0.717, 1.165) is 5.56 Å². The molecular weight excluding hydrogens is 258 g/mol. The second-order valence-corrected chi connectivity index (χ2v) is 4.01. The van der Waals surface area contributed by atoms with Crippen molar-refractivity contribution in [3.8, 4) is 17.6 Å². The number of nitro benzene ring substituents is 1. The van der Waals surface area contributed by atoms with Crippen molar-refractivity contribution in [2.24, 2.45) is 0 Å². The first-order chi connectivity index (χ1) is 9.63. The highest BCUT2D eigenvalue weighted by Gasteiger charge is 2.16. The van der Waals surface area contributed by atoms with Crippen molar-refractivity contribution >= 4 is 5.69 Å². The lowest BCUT2D eigenvalue weighted by Gasteiger charge is -2.07. The Morgan fingerprint density at radius 1 is 1.40 bits per heavy atom. The standard InChI is InChI=1S/C14H11N3O3/c1-2-10-3-6-14(13(7-10)17(18)19)20-12-5-4-11(8-15)16-9-12/h3-7,9H,2H2,1H3. The fraction of sp³-hybridized carbons (Fsp3) is 0.143. The number of nitrogens with zero attached hydrogens (tertiary/aromatic N) is 3. The Hall–Kier alpha value is -2.94. The number of pyridine rings is 1. The number of nitro groups is 1. The van der Waals surface area contributed by atoms with Gasteiger partial charge in [0.25, 0.3) is 0 Å². The average molecular weight is 269 g/mol. The topological polar surface area (TPSA) is 89.0 Å². The summed E-state index contributed by atoms with van der Waals surface area (Å²) in [5, 5.41) is 19.7. The Bertz CT molecular complexity index is 675. The van der Waals surface area contributed by atoms with Gasteiger partial charge in [-0.1, -0.05) is 13.0 Å². The molecule has 1 aromatic heterocycles. The Kier molecular flexibility index (Phi) is 3.91. The summed E-state index contributed by atoms with van der Waals surface area (Å²) < 4.78 is 5.46. The van der Waals surface area contributed by atoms with E-state index in [-0.39, 0.29) is 17.1 Å². The van der Waals surface area contributed by atoms with E-state index in [4.69, 9.17) is 10.00 Å². The largest absolute Gasteiger partial charge is 0.449 e. The minimum absolute atomic E-state index is 0.0892. The SMILES string of the molecule is CCc1ccc(Oc2ccc(C#N)nc2)c([N+](=O)[O-])c1. The number of benzene rings is 1. The molecule has 6 nitrogen and oxygen atoms in total. The lowest BCUT2D eigenvalue weighted by atomic mass is 10.1. The molecule has 0 radical (unpaired) electrons. The third-order valence-corrected chi connectivity index (χ3v) is 2.71. The van der Waals surface area contributed by atoms with Gasteiger partial charge in [0.15, 0.2) is 0 Å². The van der Waals surface area contributed by atoms with Gasteiger partial charge in [-0.05, 0) is 30.2 Å². The predicted octanol–water partition coefficient (Wildman–Crippen LogP) is 3.22. The van der Waals surface area contributed by atoms with E-state index < -0.39 is 4.92 Å².